The van der Waals surface area contributed by atoms with Crippen LogP contribution in [0.15, 0.2) is 54.9 Å². The molecule has 35 heavy (non-hydrogen) atoms. The van der Waals surface area contributed by atoms with Gasteiger partial charge < -0.3 is 15.6 Å². The van der Waals surface area contributed by atoms with Gasteiger partial charge in [-0.05, 0) is 88.2 Å². The van der Waals surface area contributed by atoms with Crippen LogP contribution < -0.4 is 26.7 Å². The molecule has 184 valence electrons. The van der Waals surface area contributed by atoms with Gasteiger partial charge in [-0.2, -0.15) is 0 Å². The Bertz CT molecular complexity index is 1240. The topological polar surface area (TPSA) is 65.1 Å². The van der Waals surface area contributed by atoms with Gasteiger partial charge in [0.2, 0.25) is 0 Å². The van der Waals surface area contributed by atoms with Crippen molar-refractivity contribution in [1.82, 2.24) is 31.0 Å². The molecular weight excluding hydrogens is 432 g/mol. The number of nitrogens with one attached hydrogen (secondary N) is 3. The number of hydrogen-bond donors (Lipinski definition) is 3. The van der Waals surface area contributed by atoms with E-state index in [1.807, 2.05) is 19.4 Å². The molecule has 0 radical (unpaired) electrons. The molecule has 1 aliphatic rings. The molecular formula is C29H38N6. The van der Waals surface area contributed by atoms with Crippen molar-refractivity contribution in [1.29, 1.82) is 0 Å². The number of hydrazine groups is 1. The molecule has 0 unspecified atom stereocenters. The summed E-state index contributed by atoms with van der Waals surface area (Å²) in [4.78, 5) is 11.8. The number of aromatic nitrogens is 2. The highest BCUT2D eigenvalue weighted by molar-refractivity contribution is 5.73. The van der Waals surface area contributed by atoms with E-state index in [4.69, 9.17) is 4.98 Å². The van der Waals surface area contributed by atoms with E-state index in [0.29, 0.717) is 6.04 Å². The zero-order valence-corrected chi connectivity index (χ0v) is 21.4. The van der Waals surface area contributed by atoms with E-state index in [0.717, 1.165) is 61.1 Å². The first kappa shape index (κ1) is 25.0. The first-order valence-electron chi connectivity index (χ1n) is 12.6. The van der Waals surface area contributed by atoms with Crippen LogP contribution in [0.25, 0.3) is 34.2 Å². The second kappa shape index (κ2) is 12.1. The molecule has 1 aromatic carbocycles. The molecule has 1 aliphatic carbocycles. The Morgan fingerprint density at radius 3 is 2.66 bits per heavy atom. The first-order chi connectivity index (χ1) is 17.0. The van der Waals surface area contributed by atoms with E-state index in [1.165, 1.54) is 22.0 Å². The predicted octanol–water partition coefficient (Wildman–Crippen LogP) is 3.04. The molecule has 2 heterocycles. The van der Waals surface area contributed by atoms with Gasteiger partial charge in [0.25, 0.3) is 0 Å². The minimum Gasteiger partial charge on any atom is -0.325 e. The van der Waals surface area contributed by atoms with Crippen molar-refractivity contribution in [3.8, 4) is 22.4 Å². The molecule has 2 aromatic heterocycles. The highest BCUT2D eigenvalue weighted by atomic mass is 15.4. The van der Waals surface area contributed by atoms with Crippen molar-refractivity contribution >= 4 is 11.8 Å². The third-order valence-electron chi connectivity index (χ3n) is 6.24. The lowest BCUT2D eigenvalue weighted by atomic mass is 9.99. The van der Waals surface area contributed by atoms with Crippen molar-refractivity contribution in [3.63, 3.8) is 0 Å². The second-order valence-corrected chi connectivity index (χ2v) is 9.59. The van der Waals surface area contributed by atoms with Crippen LogP contribution in [0.2, 0.25) is 0 Å². The zero-order chi connectivity index (χ0) is 24.6. The van der Waals surface area contributed by atoms with Crippen LogP contribution in [0.3, 0.4) is 0 Å². The summed E-state index contributed by atoms with van der Waals surface area (Å²) in [6, 6.07) is 15.5. The predicted molar refractivity (Wildman–Crippen MR) is 146 cm³/mol. The Morgan fingerprint density at radius 2 is 1.89 bits per heavy atom. The molecule has 0 aliphatic heterocycles. The Morgan fingerprint density at radius 1 is 1.06 bits per heavy atom. The summed E-state index contributed by atoms with van der Waals surface area (Å²) < 4.78 is 0. The van der Waals surface area contributed by atoms with Crippen molar-refractivity contribution in [2.24, 2.45) is 0 Å². The van der Waals surface area contributed by atoms with Gasteiger partial charge in [0, 0.05) is 54.5 Å². The van der Waals surface area contributed by atoms with Crippen LogP contribution in [0.1, 0.15) is 38.7 Å². The van der Waals surface area contributed by atoms with Crippen molar-refractivity contribution in [3.05, 3.63) is 71.0 Å². The lowest BCUT2D eigenvalue weighted by Gasteiger charge is -2.17. The number of hydrogen-bond acceptors (Lipinski definition) is 6. The highest BCUT2D eigenvalue weighted by Crippen LogP contribution is 2.23. The smallest absolute Gasteiger partial charge is 0.0715 e. The molecule has 3 aromatic rings. The van der Waals surface area contributed by atoms with Gasteiger partial charge in [0.05, 0.1) is 11.0 Å². The summed E-state index contributed by atoms with van der Waals surface area (Å²) in [5.74, 6) is 0. The summed E-state index contributed by atoms with van der Waals surface area (Å²) in [7, 11) is 4.16. The van der Waals surface area contributed by atoms with E-state index in [2.05, 4.69) is 95.5 Å². The lowest BCUT2D eigenvalue weighted by molar-refractivity contribution is 0.328. The summed E-state index contributed by atoms with van der Waals surface area (Å²) in [5, 5.41) is 5.47. The fourth-order valence-corrected chi connectivity index (χ4v) is 4.46. The Kier molecular flexibility index (Phi) is 8.64. The van der Waals surface area contributed by atoms with E-state index >= 15 is 0 Å². The minimum absolute atomic E-state index is 0.337. The van der Waals surface area contributed by atoms with E-state index in [-0.39, 0.29) is 0 Å². The molecule has 3 N–H and O–H groups in total. The van der Waals surface area contributed by atoms with Gasteiger partial charge in [0.1, 0.15) is 0 Å². The van der Waals surface area contributed by atoms with E-state index < -0.39 is 0 Å². The van der Waals surface area contributed by atoms with E-state index in [9.17, 15) is 0 Å². The molecule has 6 heteroatoms. The van der Waals surface area contributed by atoms with Gasteiger partial charge in [0.15, 0.2) is 0 Å². The number of pyridine rings is 2. The monoisotopic (exact) mass is 470 g/mol. The standard InChI is InChI=1S/C29H38N6/c1-21(2)33-34-27-11-6-5-10-26-29(27)25(23-12-14-31-15-13-23)19-28(32-26)24-9-7-8-22(18-24)20-35(4)17-16-30-3/h7-10,12-15,18-19,21,30,33-34H,5-6,11,16-17,20H2,1-4H3. The lowest BCUT2D eigenvalue weighted by Crippen LogP contribution is -2.42. The average molecular weight is 471 g/mol. The van der Waals surface area contributed by atoms with Gasteiger partial charge in [-0.1, -0.05) is 24.3 Å². The average Bonchev–Trinajstić information content (AvgIpc) is 3.08. The van der Waals surface area contributed by atoms with Crippen molar-refractivity contribution < 1.29 is 0 Å². The molecule has 0 atom stereocenters. The summed E-state index contributed by atoms with van der Waals surface area (Å²) >= 11 is 0. The largest absolute Gasteiger partial charge is 0.325 e. The van der Waals surface area contributed by atoms with Gasteiger partial charge >= 0.3 is 0 Å². The fourth-order valence-electron chi connectivity index (χ4n) is 4.46. The fraction of sp³-hybridized carbons (Fsp3) is 0.379. The third-order valence-corrected chi connectivity index (χ3v) is 6.24. The van der Waals surface area contributed by atoms with Crippen LogP contribution in [-0.2, 0) is 6.54 Å². The normalized spacial score (nSPS) is 13.5. The molecule has 0 saturated heterocycles. The zero-order valence-electron chi connectivity index (χ0n) is 21.4. The second-order valence-electron chi connectivity index (χ2n) is 9.59. The van der Waals surface area contributed by atoms with Crippen LogP contribution >= 0.6 is 0 Å². The van der Waals surface area contributed by atoms with Crippen molar-refractivity contribution in [2.75, 3.05) is 27.2 Å². The van der Waals surface area contributed by atoms with Crippen LogP contribution in [-0.4, -0.2) is 48.1 Å². The molecule has 6 nitrogen and oxygen atoms in total. The maximum Gasteiger partial charge on any atom is 0.0715 e. The number of fused-ring (bicyclic) bond motifs is 1. The molecule has 0 bridgehead atoms. The number of nitrogens with zero attached hydrogens (tertiary/aromatic N) is 3. The number of likely N-dealkylation sites (N-methyl/N-ethyl adjacent to an activating group) is 2. The Hall–Kier alpha value is -3.06. The van der Waals surface area contributed by atoms with Crippen molar-refractivity contribution in [2.45, 2.75) is 45.7 Å². The maximum atomic E-state index is 5.19. The summed E-state index contributed by atoms with van der Waals surface area (Å²) in [6.45, 7) is 7.19. The quantitative estimate of drug-likeness (QED) is 0.396. The van der Waals surface area contributed by atoms with Gasteiger partial charge in [-0.15, -0.1) is 0 Å². The van der Waals surface area contributed by atoms with E-state index in [1.54, 1.807) is 0 Å². The van der Waals surface area contributed by atoms with Crippen LogP contribution in [0, 0.1) is 0 Å². The molecule has 0 saturated carbocycles. The summed E-state index contributed by atoms with van der Waals surface area (Å²) in [5.41, 5.74) is 13.9. The Balaban J connectivity index is 1.83. The minimum atomic E-state index is 0.337. The third kappa shape index (κ3) is 6.54. The van der Waals surface area contributed by atoms with Gasteiger partial charge in [-0.3, -0.25) is 4.98 Å². The molecule has 0 fully saturated rings. The highest BCUT2D eigenvalue weighted by Gasteiger charge is 2.14. The maximum absolute atomic E-state index is 5.19. The molecule has 0 amide bonds. The van der Waals surface area contributed by atoms with Crippen LogP contribution in [0.5, 0.6) is 0 Å². The first-order valence-corrected chi connectivity index (χ1v) is 12.6. The summed E-state index contributed by atoms with van der Waals surface area (Å²) in [6.07, 6.45) is 9.12. The SMILES string of the molecule is CNCCN(C)Cc1cccc(-c2cc(-c3ccncc3)c3c(n2)=CCCCC=3NNC(C)C)c1. The number of benzene rings is 1. The molecule has 0 spiro atoms. The van der Waals surface area contributed by atoms with Gasteiger partial charge in [-0.25, -0.2) is 10.4 Å². The number of rotatable bonds is 10. The Labute approximate surface area is 209 Å². The molecule has 4 rings (SSSR count). The van der Waals surface area contributed by atoms with Crippen LogP contribution in [0.4, 0.5) is 0 Å².